The average Bonchev–Trinajstić information content (AvgIpc) is 2.37. The zero-order chi connectivity index (χ0) is 13.4. The third kappa shape index (κ3) is 5.19. The van der Waals surface area contributed by atoms with Gasteiger partial charge in [0.25, 0.3) is 0 Å². The van der Waals surface area contributed by atoms with Gasteiger partial charge in [0.05, 0.1) is 21.7 Å². The molecule has 1 aromatic carbocycles. The van der Waals surface area contributed by atoms with E-state index in [1.807, 2.05) is 18.2 Å². The fraction of sp³-hybridized carbons (Fsp3) is 0.429. The van der Waals surface area contributed by atoms with Crippen LogP contribution < -0.4 is 0 Å². The highest BCUT2D eigenvalue weighted by Gasteiger charge is 2.05. The molecule has 0 fully saturated rings. The van der Waals surface area contributed by atoms with E-state index in [4.69, 9.17) is 39.5 Å². The van der Waals surface area contributed by atoms with Crippen LogP contribution in [-0.2, 0) is 4.74 Å². The van der Waals surface area contributed by atoms with Gasteiger partial charge in [0.15, 0.2) is 0 Å². The topological polar surface area (TPSA) is 9.23 Å². The minimum atomic E-state index is 0.393. The zero-order valence-electron chi connectivity index (χ0n) is 10.4. The number of unbranched alkanes of at least 4 members (excludes halogenated alkanes) is 2. The van der Waals surface area contributed by atoms with Gasteiger partial charge in [0, 0.05) is 6.61 Å². The lowest BCUT2D eigenvalue weighted by atomic mass is 10.2. The highest BCUT2D eigenvalue weighted by Crippen LogP contribution is 2.33. The van der Waals surface area contributed by atoms with Crippen LogP contribution in [0.4, 0.5) is 0 Å². The van der Waals surface area contributed by atoms with Gasteiger partial charge in [-0.1, -0.05) is 72.8 Å². The van der Waals surface area contributed by atoms with Crippen molar-refractivity contribution >= 4 is 40.9 Å². The number of benzene rings is 1. The molecule has 18 heavy (non-hydrogen) atoms. The lowest BCUT2D eigenvalue weighted by Gasteiger charge is -2.03. The molecular formula is C14H17Cl3O. The predicted molar refractivity (Wildman–Crippen MR) is 80.9 cm³/mol. The fourth-order valence-corrected chi connectivity index (χ4v) is 2.06. The SMILES string of the molecule is CCCCCOC/C=C/c1ccc(Cl)c(Cl)c1Cl. The Bertz CT molecular complexity index is 402. The van der Waals surface area contributed by atoms with Crippen molar-refractivity contribution in [1.29, 1.82) is 0 Å². The molecule has 0 radical (unpaired) electrons. The van der Waals surface area contributed by atoms with Gasteiger partial charge in [0.2, 0.25) is 0 Å². The highest BCUT2D eigenvalue weighted by atomic mass is 35.5. The largest absolute Gasteiger partial charge is 0.377 e. The predicted octanol–water partition coefficient (Wildman–Crippen LogP) is 5.87. The summed E-state index contributed by atoms with van der Waals surface area (Å²) in [4.78, 5) is 0. The van der Waals surface area contributed by atoms with E-state index in [0.29, 0.717) is 21.7 Å². The van der Waals surface area contributed by atoms with Gasteiger partial charge in [-0.15, -0.1) is 0 Å². The normalized spacial score (nSPS) is 11.3. The summed E-state index contributed by atoms with van der Waals surface area (Å²) >= 11 is 17.9. The standard InChI is InChI=1S/C14H17Cl3O/c1-2-3-4-9-18-10-5-6-11-7-8-12(15)14(17)13(11)16/h5-8H,2-4,9-10H2,1H3/b6-5+. The summed E-state index contributed by atoms with van der Waals surface area (Å²) in [6.45, 7) is 3.56. The third-order valence-corrected chi connectivity index (χ3v) is 3.78. The Balaban J connectivity index is 2.41. The van der Waals surface area contributed by atoms with Crippen molar-refractivity contribution in [1.82, 2.24) is 0 Å². The molecule has 1 aromatic rings. The molecule has 0 bridgehead atoms. The average molecular weight is 308 g/mol. The van der Waals surface area contributed by atoms with Crippen LogP contribution in [0.3, 0.4) is 0 Å². The van der Waals surface area contributed by atoms with E-state index in [9.17, 15) is 0 Å². The first-order valence-electron chi connectivity index (χ1n) is 6.04. The molecular weight excluding hydrogens is 291 g/mol. The quantitative estimate of drug-likeness (QED) is 0.452. The van der Waals surface area contributed by atoms with Crippen molar-refractivity contribution in [2.75, 3.05) is 13.2 Å². The van der Waals surface area contributed by atoms with Crippen LogP contribution in [0.25, 0.3) is 6.08 Å². The minimum Gasteiger partial charge on any atom is -0.377 e. The molecule has 0 heterocycles. The van der Waals surface area contributed by atoms with Gasteiger partial charge in [-0.25, -0.2) is 0 Å². The number of ether oxygens (including phenoxy) is 1. The molecule has 1 nitrogen and oxygen atoms in total. The first-order valence-corrected chi connectivity index (χ1v) is 7.18. The van der Waals surface area contributed by atoms with Crippen molar-refractivity contribution in [3.8, 4) is 0 Å². The second-order valence-electron chi connectivity index (χ2n) is 3.95. The molecule has 0 aliphatic carbocycles. The van der Waals surface area contributed by atoms with Gasteiger partial charge in [-0.05, 0) is 18.1 Å². The molecule has 0 unspecified atom stereocenters. The first kappa shape index (κ1) is 15.8. The van der Waals surface area contributed by atoms with Crippen LogP contribution in [0.1, 0.15) is 31.7 Å². The van der Waals surface area contributed by atoms with Crippen LogP contribution in [0.15, 0.2) is 18.2 Å². The number of rotatable bonds is 7. The Morgan fingerprint density at radius 1 is 1.11 bits per heavy atom. The van der Waals surface area contributed by atoms with Gasteiger partial charge >= 0.3 is 0 Å². The van der Waals surface area contributed by atoms with Crippen molar-refractivity contribution in [2.45, 2.75) is 26.2 Å². The molecule has 100 valence electrons. The Labute approximate surface area is 124 Å². The molecule has 0 saturated carbocycles. The second kappa shape index (κ2) is 8.82. The monoisotopic (exact) mass is 306 g/mol. The van der Waals surface area contributed by atoms with E-state index in [0.717, 1.165) is 18.6 Å². The molecule has 0 N–H and O–H groups in total. The van der Waals surface area contributed by atoms with Crippen LogP contribution in [0.2, 0.25) is 15.1 Å². The summed E-state index contributed by atoms with van der Waals surface area (Å²) < 4.78 is 5.46. The van der Waals surface area contributed by atoms with Gasteiger partial charge in [-0.2, -0.15) is 0 Å². The molecule has 0 aliphatic heterocycles. The smallest absolute Gasteiger partial charge is 0.0784 e. The Kier molecular flexibility index (Phi) is 7.76. The van der Waals surface area contributed by atoms with Crippen LogP contribution in [-0.4, -0.2) is 13.2 Å². The summed E-state index contributed by atoms with van der Waals surface area (Å²) in [6, 6.07) is 3.57. The summed E-state index contributed by atoms with van der Waals surface area (Å²) in [6.07, 6.45) is 7.35. The van der Waals surface area contributed by atoms with Crippen LogP contribution in [0, 0.1) is 0 Å². The molecule has 1 rings (SSSR count). The summed E-state index contributed by atoms with van der Waals surface area (Å²) in [7, 11) is 0. The zero-order valence-corrected chi connectivity index (χ0v) is 12.7. The molecule has 0 spiro atoms. The van der Waals surface area contributed by atoms with Gasteiger partial charge < -0.3 is 4.74 Å². The van der Waals surface area contributed by atoms with E-state index in [-0.39, 0.29) is 0 Å². The summed E-state index contributed by atoms with van der Waals surface area (Å²) in [5, 5.41) is 1.34. The highest BCUT2D eigenvalue weighted by molar-refractivity contribution is 6.48. The number of halogens is 3. The molecule has 0 aromatic heterocycles. The molecule has 0 amide bonds. The maximum absolute atomic E-state index is 6.07. The maximum atomic E-state index is 6.07. The third-order valence-electron chi connectivity index (χ3n) is 2.47. The minimum absolute atomic E-state index is 0.393. The fourth-order valence-electron chi connectivity index (χ4n) is 1.45. The van der Waals surface area contributed by atoms with E-state index in [1.165, 1.54) is 12.8 Å². The van der Waals surface area contributed by atoms with Crippen molar-refractivity contribution in [3.63, 3.8) is 0 Å². The molecule has 0 saturated heterocycles. The van der Waals surface area contributed by atoms with E-state index < -0.39 is 0 Å². The maximum Gasteiger partial charge on any atom is 0.0784 e. The second-order valence-corrected chi connectivity index (χ2v) is 5.11. The molecule has 4 heteroatoms. The first-order chi connectivity index (χ1) is 8.66. The van der Waals surface area contributed by atoms with Gasteiger partial charge in [-0.3, -0.25) is 0 Å². The summed E-state index contributed by atoms with van der Waals surface area (Å²) in [5.74, 6) is 0. The number of hydrogen-bond acceptors (Lipinski definition) is 1. The molecule has 0 atom stereocenters. The van der Waals surface area contributed by atoms with E-state index >= 15 is 0 Å². The van der Waals surface area contributed by atoms with Crippen LogP contribution >= 0.6 is 34.8 Å². The van der Waals surface area contributed by atoms with Crippen LogP contribution in [0.5, 0.6) is 0 Å². The van der Waals surface area contributed by atoms with E-state index in [1.54, 1.807) is 6.07 Å². The molecule has 0 aliphatic rings. The van der Waals surface area contributed by atoms with Crippen molar-refractivity contribution in [2.24, 2.45) is 0 Å². The Morgan fingerprint density at radius 3 is 2.61 bits per heavy atom. The summed E-state index contributed by atoms with van der Waals surface area (Å²) in [5.41, 5.74) is 0.850. The van der Waals surface area contributed by atoms with E-state index in [2.05, 4.69) is 6.92 Å². The number of hydrogen-bond donors (Lipinski definition) is 0. The van der Waals surface area contributed by atoms with Gasteiger partial charge in [0.1, 0.15) is 0 Å². The lowest BCUT2D eigenvalue weighted by molar-refractivity contribution is 0.158. The Hall–Kier alpha value is -0.210. The Morgan fingerprint density at radius 2 is 1.89 bits per heavy atom. The van der Waals surface area contributed by atoms with Crippen molar-refractivity contribution < 1.29 is 4.74 Å². The lowest BCUT2D eigenvalue weighted by Crippen LogP contribution is -1.93. The van der Waals surface area contributed by atoms with Crippen molar-refractivity contribution in [3.05, 3.63) is 38.8 Å².